The number of aromatic carboxylic acids is 1. The van der Waals surface area contributed by atoms with E-state index in [1.165, 1.54) is 6.33 Å². The predicted molar refractivity (Wildman–Crippen MR) is 44.5 cm³/mol. The summed E-state index contributed by atoms with van der Waals surface area (Å²) in [5.74, 6) is -1.09. The normalized spacial score (nSPS) is 10.2. The van der Waals surface area contributed by atoms with E-state index in [9.17, 15) is 4.79 Å². The maximum absolute atomic E-state index is 10.5. The third-order valence-electron chi connectivity index (χ3n) is 1.44. The van der Waals surface area contributed by atoms with Crippen LogP contribution >= 0.6 is 11.6 Å². The SMILES string of the molecule is CCCn1cnc(C(=O)O)c1Cl. The second kappa shape index (κ2) is 3.58. The zero-order valence-corrected chi connectivity index (χ0v) is 7.38. The Kier molecular flexibility index (Phi) is 2.70. The molecule has 0 saturated heterocycles. The number of carbonyl (C=O) groups is 1. The van der Waals surface area contributed by atoms with Crippen molar-refractivity contribution in [1.29, 1.82) is 0 Å². The molecule has 1 N–H and O–H groups in total. The monoisotopic (exact) mass is 188 g/mol. The van der Waals surface area contributed by atoms with Gasteiger partial charge in [0.15, 0.2) is 5.69 Å². The summed E-state index contributed by atoms with van der Waals surface area (Å²) < 4.78 is 1.62. The lowest BCUT2D eigenvalue weighted by Crippen LogP contribution is -1.99. The molecule has 66 valence electrons. The van der Waals surface area contributed by atoms with Crippen LogP contribution < -0.4 is 0 Å². The van der Waals surface area contributed by atoms with Gasteiger partial charge in [0, 0.05) is 6.54 Å². The molecule has 5 heteroatoms. The van der Waals surface area contributed by atoms with Crippen LogP contribution in [0.4, 0.5) is 0 Å². The van der Waals surface area contributed by atoms with E-state index in [-0.39, 0.29) is 10.8 Å². The van der Waals surface area contributed by atoms with Gasteiger partial charge in [0.1, 0.15) is 5.15 Å². The van der Waals surface area contributed by atoms with Crippen molar-refractivity contribution in [3.8, 4) is 0 Å². The minimum absolute atomic E-state index is 0.0786. The van der Waals surface area contributed by atoms with Gasteiger partial charge in [-0.25, -0.2) is 9.78 Å². The first kappa shape index (κ1) is 9.06. The Morgan fingerprint density at radius 1 is 1.83 bits per heavy atom. The second-order valence-corrected chi connectivity index (χ2v) is 2.74. The van der Waals surface area contributed by atoms with Gasteiger partial charge in [-0.3, -0.25) is 0 Å². The van der Waals surface area contributed by atoms with Gasteiger partial charge in [-0.15, -0.1) is 0 Å². The van der Waals surface area contributed by atoms with Gasteiger partial charge in [-0.1, -0.05) is 18.5 Å². The Morgan fingerprint density at radius 3 is 2.92 bits per heavy atom. The third kappa shape index (κ3) is 1.58. The van der Waals surface area contributed by atoms with Crippen LogP contribution in [0.25, 0.3) is 0 Å². The predicted octanol–water partition coefficient (Wildman–Crippen LogP) is 1.64. The Morgan fingerprint density at radius 2 is 2.50 bits per heavy atom. The van der Waals surface area contributed by atoms with Crippen molar-refractivity contribution in [2.75, 3.05) is 0 Å². The van der Waals surface area contributed by atoms with Crippen LogP contribution in [0.1, 0.15) is 23.8 Å². The average Bonchev–Trinajstić information content (AvgIpc) is 2.34. The molecule has 0 amide bonds. The molecular formula is C7H9ClN2O2. The lowest BCUT2D eigenvalue weighted by atomic mass is 10.4. The summed E-state index contributed by atoms with van der Waals surface area (Å²) in [4.78, 5) is 14.1. The summed E-state index contributed by atoms with van der Waals surface area (Å²) in [6.45, 7) is 2.68. The highest BCUT2D eigenvalue weighted by Gasteiger charge is 2.14. The number of aryl methyl sites for hydroxylation is 1. The number of carboxylic acids is 1. The van der Waals surface area contributed by atoms with E-state index < -0.39 is 5.97 Å². The van der Waals surface area contributed by atoms with Gasteiger partial charge in [0.05, 0.1) is 6.33 Å². The van der Waals surface area contributed by atoms with E-state index in [0.29, 0.717) is 6.54 Å². The van der Waals surface area contributed by atoms with E-state index in [0.717, 1.165) is 6.42 Å². The van der Waals surface area contributed by atoms with Crippen molar-refractivity contribution in [3.63, 3.8) is 0 Å². The number of rotatable bonds is 3. The molecule has 0 radical (unpaired) electrons. The number of imidazole rings is 1. The number of hydrogen-bond acceptors (Lipinski definition) is 2. The first-order valence-electron chi connectivity index (χ1n) is 3.60. The van der Waals surface area contributed by atoms with Crippen LogP contribution in [0.5, 0.6) is 0 Å². The summed E-state index contributed by atoms with van der Waals surface area (Å²) in [5.41, 5.74) is -0.0786. The van der Waals surface area contributed by atoms with Crippen molar-refractivity contribution < 1.29 is 9.90 Å². The minimum atomic E-state index is -1.09. The van der Waals surface area contributed by atoms with E-state index >= 15 is 0 Å². The van der Waals surface area contributed by atoms with Crippen LogP contribution in [-0.4, -0.2) is 20.6 Å². The minimum Gasteiger partial charge on any atom is -0.476 e. The molecular weight excluding hydrogens is 180 g/mol. The molecule has 1 aromatic heterocycles. The fourth-order valence-corrected chi connectivity index (χ4v) is 1.17. The molecule has 0 aliphatic carbocycles. The molecule has 12 heavy (non-hydrogen) atoms. The zero-order valence-electron chi connectivity index (χ0n) is 6.62. The average molecular weight is 189 g/mol. The summed E-state index contributed by atoms with van der Waals surface area (Å²) in [6, 6.07) is 0. The fraction of sp³-hybridized carbons (Fsp3) is 0.429. The van der Waals surface area contributed by atoms with Gasteiger partial charge in [-0.2, -0.15) is 0 Å². The van der Waals surface area contributed by atoms with Crippen molar-refractivity contribution in [2.24, 2.45) is 0 Å². The quantitative estimate of drug-likeness (QED) is 0.785. The summed E-state index contributed by atoms with van der Waals surface area (Å²) in [6.07, 6.45) is 2.34. The molecule has 0 spiro atoms. The van der Waals surface area contributed by atoms with Gasteiger partial charge in [0.25, 0.3) is 0 Å². The first-order valence-corrected chi connectivity index (χ1v) is 3.98. The lowest BCUT2D eigenvalue weighted by Gasteiger charge is -1.98. The second-order valence-electron chi connectivity index (χ2n) is 2.38. The molecule has 0 aliphatic rings. The number of halogens is 1. The van der Waals surface area contributed by atoms with E-state index in [1.807, 2.05) is 6.92 Å². The Labute approximate surface area is 74.8 Å². The number of nitrogens with zero attached hydrogens (tertiary/aromatic N) is 2. The first-order chi connectivity index (χ1) is 5.66. The summed E-state index contributed by atoms with van der Waals surface area (Å²) in [7, 11) is 0. The van der Waals surface area contributed by atoms with Crippen molar-refractivity contribution in [2.45, 2.75) is 19.9 Å². The molecule has 0 saturated carbocycles. The molecule has 1 aromatic rings. The third-order valence-corrected chi connectivity index (χ3v) is 1.84. The van der Waals surface area contributed by atoms with Crippen LogP contribution in [-0.2, 0) is 6.54 Å². The van der Waals surface area contributed by atoms with E-state index in [4.69, 9.17) is 16.7 Å². The molecule has 0 atom stereocenters. The number of hydrogen-bond donors (Lipinski definition) is 1. The van der Waals surface area contributed by atoms with E-state index in [1.54, 1.807) is 4.57 Å². The Bertz CT molecular complexity index is 296. The highest BCUT2D eigenvalue weighted by Crippen LogP contribution is 2.14. The maximum Gasteiger partial charge on any atom is 0.357 e. The van der Waals surface area contributed by atoms with Gasteiger partial charge >= 0.3 is 5.97 Å². The standard InChI is InChI=1S/C7H9ClN2O2/c1-2-3-10-4-9-5(6(10)8)7(11)12/h4H,2-3H2,1H3,(H,11,12). The largest absolute Gasteiger partial charge is 0.476 e. The highest BCUT2D eigenvalue weighted by atomic mass is 35.5. The molecule has 0 fully saturated rings. The zero-order chi connectivity index (χ0) is 9.14. The maximum atomic E-state index is 10.5. The van der Waals surface area contributed by atoms with Crippen molar-refractivity contribution in [1.82, 2.24) is 9.55 Å². The Balaban J connectivity index is 2.96. The van der Waals surface area contributed by atoms with Gasteiger partial charge < -0.3 is 9.67 Å². The van der Waals surface area contributed by atoms with Crippen molar-refractivity contribution >= 4 is 17.6 Å². The molecule has 0 aliphatic heterocycles. The van der Waals surface area contributed by atoms with Crippen LogP contribution in [0.15, 0.2) is 6.33 Å². The highest BCUT2D eigenvalue weighted by molar-refractivity contribution is 6.32. The molecule has 0 bridgehead atoms. The van der Waals surface area contributed by atoms with Gasteiger partial charge in [0.2, 0.25) is 0 Å². The van der Waals surface area contributed by atoms with Crippen molar-refractivity contribution in [3.05, 3.63) is 17.2 Å². The molecule has 0 aromatic carbocycles. The fourth-order valence-electron chi connectivity index (χ4n) is 0.908. The summed E-state index contributed by atoms with van der Waals surface area (Å²) >= 11 is 5.72. The molecule has 4 nitrogen and oxygen atoms in total. The molecule has 1 heterocycles. The topological polar surface area (TPSA) is 55.1 Å². The Hall–Kier alpha value is -1.03. The summed E-state index contributed by atoms with van der Waals surface area (Å²) in [5, 5.41) is 8.79. The number of carboxylic acid groups (broad SMARTS) is 1. The van der Waals surface area contributed by atoms with Crippen LogP contribution in [0.2, 0.25) is 5.15 Å². The van der Waals surface area contributed by atoms with Crippen LogP contribution in [0, 0.1) is 0 Å². The smallest absolute Gasteiger partial charge is 0.357 e. The van der Waals surface area contributed by atoms with E-state index in [2.05, 4.69) is 4.98 Å². The lowest BCUT2D eigenvalue weighted by molar-refractivity contribution is 0.0691. The van der Waals surface area contributed by atoms with Gasteiger partial charge in [-0.05, 0) is 6.42 Å². The molecule has 0 unspecified atom stereocenters. The van der Waals surface area contributed by atoms with Crippen LogP contribution in [0.3, 0.4) is 0 Å². The molecule has 1 rings (SSSR count). The number of aromatic nitrogens is 2.